The summed E-state index contributed by atoms with van der Waals surface area (Å²) < 4.78 is 6.25. The number of hydrogen-bond donors (Lipinski definition) is 0. The van der Waals surface area contributed by atoms with Crippen LogP contribution in [0.3, 0.4) is 0 Å². The van der Waals surface area contributed by atoms with Gasteiger partial charge < -0.3 is 4.74 Å². The summed E-state index contributed by atoms with van der Waals surface area (Å²) in [5.74, 6) is 0.186. The first kappa shape index (κ1) is 13.4. The monoisotopic (exact) mass is 282 g/mol. The van der Waals surface area contributed by atoms with Crippen molar-refractivity contribution >= 4 is 39.5 Å². The first-order valence-electron chi connectivity index (χ1n) is 5.82. The molecule has 0 aliphatic heterocycles. The van der Waals surface area contributed by atoms with E-state index in [1.807, 2.05) is 25.1 Å². The molecule has 2 unspecified atom stereocenters. The summed E-state index contributed by atoms with van der Waals surface area (Å²) in [6.45, 7) is 6.60. The highest BCUT2D eigenvalue weighted by molar-refractivity contribution is 7.19. The van der Waals surface area contributed by atoms with Crippen molar-refractivity contribution in [2.24, 2.45) is 0 Å². The SMILES string of the molecule is Cc1c(C(C)C(C)OC=O)sc2ccc(Cl)cc12. The number of ether oxygens (including phenoxy) is 1. The van der Waals surface area contributed by atoms with Crippen LogP contribution in [0.1, 0.15) is 30.2 Å². The van der Waals surface area contributed by atoms with E-state index in [4.69, 9.17) is 16.3 Å². The molecule has 0 radical (unpaired) electrons. The Balaban J connectivity index is 2.45. The number of aryl methyl sites for hydroxylation is 1. The Kier molecular flexibility index (Phi) is 3.93. The lowest BCUT2D eigenvalue weighted by Gasteiger charge is -2.17. The van der Waals surface area contributed by atoms with Crippen LogP contribution < -0.4 is 0 Å². The maximum Gasteiger partial charge on any atom is 0.293 e. The summed E-state index contributed by atoms with van der Waals surface area (Å²) in [6, 6.07) is 5.93. The molecule has 0 aliphatic rings. The van der Waals surface area contributed by atoms with Gasteiger partial charge in [-0.1, -0.05) is 18.5 Å². The van der Waals surface area contributed by atoms with E-state index in [-0.39, 0.29) is 12.0 Å². The maximum absolute atomic E-state index is 10.4. The van der Waals surface area contributed by atoms with Gasteiger partial charge in [-0.3, -0.25) is 4.79 Å². The molecule has 2 rings (SSSR count). The van der Waals surface area contributed by atoms with Gasteiger partial charge in [-0.05, 0) is 43.0 Å². The molecule has 0 spiro atoms. The van der Waals surface area contributed by atoms with Gasteiger partial charge in [-0.15, -0.1) is 11.3 Å². The normalized spacial score (nSPS) is 14.4. The van der Waals surface area contributed by atoms with Crippen molar-refractivity contribution in [1.82, 2.24) is 0 Å². The Morgan fingerprint density at radius 2 is 2.11 bits per heavy atom. The van der Waals surface area contributed by atoms with E-state index in [0.717, 1.165) is 5.02 Å². The third-order valence-corrected chi connectivity index (χ3v) is 5.03. The number of carbonyl (C=O) groups excluding carboxylic acids is 1. The quantitative estimate of drug-likeness (QED) is 0.770. The summed E-state index contributed by atoms with van der Waals surface area (Å²) in [6.07, 6.45) is -0.121. The number of benzene rings is 1. The number of rotatable bonds is 4. The Morgan fingerprint density at radius 1 is 1.39 bits per heavy atom. The molecule has 0 bridgehead atoms. The molecule has 0 aliphatic carbocycles. The lowest BCUT2D eigenvalue weighted by Crippen LogP contribution is -2.15. The molecule has 1 aromatic heterocycles. The van der Waals surface area contributed by atoms with E-state index in [9.17, 15) is 4.79 Å². The minimum Gasteiger partial charge on any atom is -0.464 e. The Morgan fingerprint density at radius 3 is 2.78 bits per heavy atom. The van der Waals surface area contributed by atoms with E-state index >= 15 is 0 Å². The highest BCUT2D eigenvalue weighted by Crippen LogP contribution is 2.38. The van der Waals surface area contributed by atoms with Crippen LogP contribution in [-0.2, 0) is 9.53 Å². The number of thiophene rings is 1. The highest BCUT2D eigenvalue weighted by Gasteiger charge is 2.20. The number of fused-ring (bicyclic) bond motifs is 1. The van der Waals surface area contributed by atoms with Crippen LogP contribution >= 0.6 is 22.9 Å². The van der Waals surface area contributed by atoms with Gasteiger partial charge in [0.2, 0.25) is 0 Å². The van der Waals surface area contributed by atoms with Crippen molar-refractivity contribution in [2.45, 2.75) is 32.8 Å². The molecule has 2 atom stereocenters. The van der Waals surface area contributed by atoms with Crippen molar-refractivity contribution in [1.29, 1.82) is 0 Å². The van der Waals surface area contributed by atoms with Gasteiger partial charge in [0.25, 0.3) is 6.47 Å². The van der Waals surface area contributed by atoms with Crippen molar-refractivity contribution in [3.63, 3.8) is 0 Å². The summed E-state index contributed by atoms with van der Waals surface area (Å²) in [5.41, 5.74) is 1.23. The van der Waals surface area contributed by atoms with Crippen LogP contribution in [0.25, 0.3) is 10.1 Å². The van der Waals surface area contributed by atoms with Gasteiger partial charge in [0, 0.05) is 20.5 Å². The van der Waals surface area contributed by atoms with Gasteiger partial charge in [0.05, 0.1) is 0 Å². The zero-order valence-electron chi connectivity index (χ0n) is 10.6. The Bertz CT molecular complexity index is 576. The van der Waals surface area contributed by atoms with Gasteiger partial charge >= 0.3 is 0 Å². The topological polar surface area (TPSA) is 26.3 Å². The average Bonchev–Trinajstić information content (AvgIpc) is 2.66. The van der Waals surface area contributed by atoms with Gasteiger partial charge in [-0.25, -0.2) is 0 Å². The zero-order valence-corrected chi connectivity index (χ0v) is 12.1. The van der Waals surface area contributed by atoms with Gasteiger partial charge in [-0.2, -0.15) is 0 Å². The van der Waals surface area contributed by atoms with E-state index in [2.05, 4.69) is 13.8 Å². The van der Waals surface area contributed by atoms with Crippen molar-refractivity contribution < 1.29 is 9.53 Å². The predicted octanol–water partition coefficient (Wildman–Crippen LogP) is 4.53. The molecule has 0 N–H and O–H groups in total. The van der Waals surface area contributed by atoms with Crippen molar-refractivity contribution in [3.05, 3.63) is 33.7 Å². The van der Waals surface area contributed by atoms with E-state index < -0.39 is 0 Å². The maximum atomic E-state index is 10.4. The van der Waals surface area contributed by atoms with Crippen LogP contribution in [0, 0.1) is 6.92 Å². The molecule has 96 valence electrons. The predicted molar refractivity (Wildman–Crippen MR) is 76.6 cm³/mol. The highest BCUT2D eigenvalue weighted by atomic mass is 35.5. The second kappa shape index (κ2) is 5.29. The summed E-state index contributed by atoms with van der Waals surface area (Å²) in [7, 11) is 0. The average molecular weight is 283 g/mol. The lowest BCUT2D eigenvalue weighted by molar-refractivity contribution is -0.133. The molecule has 4 heteroatoms. The lowest BCUT2D eigenvalue weighted by atomic mass is 10.00. The van der Waals surface area contributed by atoms with E-state index in [1.54, 1.807) is 11.3 Å². The summed E-state index contributed by atoms with van der Waals surface area (Å²) in [5, 5.41) is 1.94. The first-order valence-corrected chi connectivity index (χ1v) is 7.01. The number of hydrogen-bond acceptors (Lipinski definition) is 3. The molecule has 0 saturated carbocycles. The second-order valence-corrected chi connectivity index (χ2v) is 5.98. The fraction of sp³-hybridized carbons (Fsp3) is 0.357. The molecule has 2 nitrogen and oxygen atoms in total. The third-order valence-electron chi connectivity index (χ3n) is 3.32. The minimum absolute atomic E-state index is 0.121. The second-order valence-electron chi connectivity index (χ2n) is 4.46. The molecule has 2 aromatic rings. The molecule has 1 heterocycles. The molecule has 1 aromatic carbocycles. The molecular weight excluding hydrogens is 268 g/mol. The molecule has 0 saturated heterocycles. The van der Waals surface area contributed by atoms with Gasteiger partial charge in [0.15, 0.2) is 0 Å². The zero-order chi connectivity index (χ0) is 13.3. The molecule has 18 heavy (non-hydrogen) atoms. The largest absolute Gasteiger partial charge is 0.464 e. The molecule has 0 fully saturated rings. The fourth-order valence-electron chi connectivity index (χ4n) is 2.07. The molecular formula is C14H15ClO2S. The van der Waals surface area contributed by atoms with E-state index in [1.165, 1.54) is 20.5 Å². The number of halogens is 1. The fourth-order valence-corrected chi connectivity index (χ4v) is 3.57. The standard InChI is InChI=1S/C14H15ClO2S/c1-8(10(3)17-7-16)14-9(2)12-6-11(15)4-5-13(12)18-14/h4-8,10H,1-3H3. The van der Waals surface area contributed by atoms with Crippen LogP contribution in [0.4, 0.5) is 0 Å². The third kappa shape index (κ3) is 2.38. The van der Waals surface area contributed by atoms with Crippen LogP contribution in [0.5, 0.6) is 0 Å². The first-order chi connectivity index (χ1) is 8.54. The number of carbonyl (C=O) groups is 1. The Labute approximate surface area is 116 Å². The van der Waals surface area contributed by atoms with E-state index in [0.29, 0.717) is 6.47 Å². The summed E-state index contributed by atoms with van der Waals surface area (Å²) >= 11 is 7.77. The van der Waals surface area contributed by atoms with Crippen molar-refractivity contribution in [3.8, 4) is 0 Å². The van der Waals surface area contributed by atoms with Crippen molar-refractivity contribution in [2.75, 3.05) is 0 Å². The minimum atomic E-state index is -0.121. The van der Waals surface area contributed by atoms with Crippen LogP contribution in [0.15, 0.2) is 18.2 Å². The van der Waals surface area contributed by atoms with Crippen LogP contribution in [0.2, 0.25) is 5.02 Å². The summed E-state index contributed by atoms with van der Waals surface area (Å²) in [4.78, 5) is 11.7. The smallest absolute Gasteiger partial charge is 0.293 e. The Hall–Kier alpha value is -1.06. The van der Waals surface area contributed by atoms with Gasteiger partial charge in [0.1, 0.15) is 6.10 Å². The molecule has 0 amide bonds. The van der Waals surface area contributed by atoms with Crippen LogP contribution in [-0.4, -0.2) is 12.6 Å².